The minimum absolute atomic E-state index is 0.0549. The van der Waals surface area contributed by atoms with Crippen LogP contribution in [0.4, 0.5) is 0 Å². The van der Waals surface area contributed by atoms with Crippen molar-refractivity contribution in [2.45, 2.75) is 90.3 Å². The second-order valence-corrected chi connectivity index (χ2v) is 10.3. The molecule has 1 saturated heterocycles. The smallest absolute Gasteiger partial charge is 0.303 e. The Balaban J connectivity index is 2.24. The normalized spacial score (nSPS) is 50.3. The largest absolute Gasteiger partial charge is 0.459 e. The molecule has 0 amide bonds. The summed E-state index contributed by atoms with van der Waals surface area (Å²) in [7, 11) is 0. The zero-order chi connectivity index (χ0) is 21.3. The minimum atomic E-state index is -1.31. The molecule has 1 aliphatic heterocycles. The van der Waals surface area contributed by atoms with E-state index in [0.29, 0.717) is 12.8 Å². The van der Waals surface area contributed by atoms with E-state index < -0.39 is 46.8 Å². The molecule has 8 atom stereocenters. The molecule has 28 heavy (non-hydrogen) atoms. The van der Waals surface area contributed by atoms with Gasteiger partial charge in [0.15, 0.2) is 0 Å². The van der Waals surface area contributed by atoms with E-state index >= 15 is 0 Å². The topological polar surface area (TPSA) is 93.1 Å². The second-order valence-electron chi connectivity index (χ2n) is 10.3. The zero-order valence-corrected chi connectivity index (χ0v) is 17.8. The van der Waals surface area contributed by atoms with Crippen molar-refractivity contribution in [3.05, 3.63) is 12.7 Å². The van der Waals surface area contributed by atoms with Gasteiger partial charge in [-0.1, -0.05) is 26.8 Å². The maximum absolute atomic E-state index is 13.4. The van der Waals surface area contributed by atoms with Gasteiger partial charge in [0, 0.05) is 24.7 Å². The van der Waals surface area contributed by atoms with E-state index in [9.17, 15) is 19.8 Å². The van der Waals surface area contributed by atoms with Gasteiger partial charge in [0.2, 0.25) is 0 Å². The van der Waals surface area contributed by atoms with Crippen LogP contribution in [0.2, 0.25) is 0 Å². The lowest BCUT2D eigenvalue weighted by Crippen LogP contribution is -2.77. The van der Waals surface area contributed by atoms with Gasteiger partial charge in [0.1, 0.15) is 23.6 Å². The molecule has 2 saturated carbocycles. The van der Waals surface area contributed by atoms with Crippen molar-refractivity contribution < 1.29 is 29.3 Å². The van der Waals surface area contributed by atoms with Gasteiger partial charge in [0.05, 0.1) is 17.6 Å². The predicted molar refractivity (Wildman–Crippen MR) is 103 cm³/mol. The first-order chi connectivity index (χ1) is 12.7. The van der Waals surface area contributed by atoms with Crippen LogP contribution in [-0.4, -0.2) is 51.5 Å². The number of carbonyl (C=O) groups excluding carboxylic acids is 2. The Hall–Kier alpha value is -1.24. The summed E-state index contributed by atoms with van der Waals surface area (Å²) in [5.74, 6) is -1.66. The van der Waals surface area contributed by atoms with E-state index in [2.05, 4.69) is 20.4 Å². The number of aliphatic hydroxyl groups is 2. The van der Waals surface area contributed by atoms with Crippen molar-refractivity contribution in [3.63, 3.8) is 0 Å². The summed E-state index contributed by atoms with van der Waals surface area (Å²) >= 11 is 0. The molecule has 0 unspecified atom stereocenters. The number of esters is 1. The Morgan fingerprint density at radius 3 is 2.39 bits per heavy atom. The summed E-state index contributed by atoms with van der Waals surface area (Å²) in [5.41, 5.74) is -3.47. The van der Waals surface area contributed by atoms with E-state index in [1.54, 1.807) is 19.9 Å². The van der Waals surface area contributed by atoms with Gasteiger partial charge in [-0.2, -0.15) is 0 Å². The summed E-state index contributed by atoms with van der Waals surface area (Å²) in [6, 6.07) is 0. The van der Waals surface area contributed by atoms with E-state index in [1.807, 2.05) is 6.92 Å². The van der Waals surface area contributed by atoms with Crippen LogP contribution >= 0.6 is 0 Å². The zero-order valence-electron chi connectivity index (χ0n) is 17.8. The lowest BCUT2D eigenvalue weighted by atomic mass is 9.41. The van der Waals surface area contributed by atoms with Crippen LogP contribution in [0, 0.1) is 22.7 Å². The molecule has 3 fully saturated rings. The molecule has 0 bridgehead atoms. The highest BCUT2D eigenvalue weighted by Gasteiger charge is 2.73. The number of hydrogen-bond donors (Lipinski definition) is 2. The Bertz CT molecular complexity index is 701. The van der Waals surface area contributed by atoms with Crippen molar-refractivity contribution in [2.75, 3.05) is 0 Å². The maximum Gasteiger partial charge on any atom is 0.303 e. The predicted octanol–water partition coefficient (Wildman–Crippen LogP) is 2.41. The number of aliphatic hydroxyl groups excluding tert-OH is 2. The van der Waals surface area contributed by atoms with E-state index in [4.69, 9.17) is 9.47 Å². The van der Waals surface area contributed by atoms with Crippen molar-refractivity contribution in [2.24, 2.45) is 22.7 Å². The first-order valence-electron chi connectivity index (χ1n) is 10.1. The Morgan fingerprint density at radius 1 is 1.25 bits per heavy atom. The summed E-state index contributed by atoms with van der Waals surface area (Å²) in [6.07, 6.45) is 0.123. The average molecular weight is 395 g/mol. The Kier molecular flexibility index (Phi) is 4.89. The summed E-state index contributed by atoms with van der Waals surface area (Å²) in [5, 5.41) is 22.6. The number of rotatable bonds is 2. The lowest BCUT2D eigenvalue weighted by Gasteiger charge is -2.68. The fourth-order valence-corrected chi connectivity index (χ4v) is 6.70. The maximum atomic E-state index is 13.4. The fourth-order valence-electron chi connectivity index (χ4n) is 6.70. The van der Waals surface area contributed by atoms with E-state index in [1.165, 1.54) is 6.92 Å². The standard InChI is InChI=1S/C22H34O6/c1-8-20(5)11-13(24)16-21(6)14(25)9-10-19(3,4)17(21)15(27-12(2)23)18(26)22(16,7)28-20/h8,14-18,25-26H,1,9-11H2,2-7H3/t14-,15-,16+,17-,18-,20-,21+,22-/m0/s1. The van der Waals surface area contributed by atoms with Gasteiger partial charge >= 0.3 is 5.97 Å². The summed E-state index contributed by atoms with van der Waals surface area (Å²) < 4.78 is 12.0. The van der Waals surface area contributed by atoms with Gasteiger partial charge in [0.25, 0.3) is 0 Å². The first kappa shape index (κ1) is 21.5. The molecule has 3 aliphatic rings. The Morgan fingerprint density at radius 2 is 1.86 bits per heavy atom. The Labute approximate surface area is 167 Å². The molecule has 0 aromatic rings. The van der Waals surface area contributed by atoms with Gasteiger partial charge < -0.3 is 19.7 Å². The average Bonchev–Trinajstić information content (AvgIpc) is 2.55. The third-order valence-electron chi connectivity index (χ3n) is 7.75. The van der Waals surface area contributed by atoms with Gasteiger partial charge in [-0.3, -0.25) is 9.59 Å². The quantitative estimate of drug-likeness (QED) is 0.552. The second kappa shape index (κ2) is 6.38. The molecule has 3 rings (SSSR count). The van der Waals surface area contributed by atoms with E-state index in [-0.39, 0.29) is 23.5 Å². The van der Waals surface area contributed by atoms with Crippen molar-refractivity contribution >= 4 is 11.8 Å². The van der Waals surface area contributed by atoms with Crippen LogP contribution in [0.1, 0.15) is 60.8 Å². The lowest BCUT2D eigenvalue weighted by molar-refractivity contribution is -0.320. The van der Waals surface area contributed by atoms with Crippen molar-refractivity contribution in [3.8, 4) is 0 Å². The van der Waals surface area contributed by atoms with Crippen LogP contribution in [-0.2, 0) is 19.1 Å². The molecule has 0 radical (unpaired) electrons. The first-order valence-corrected chi connectivity index (χ1v) is 10.1. The number of hydrogen-bond acceptors (Lipinski definition) is 6. The summed E-state index contributed by atoms with van der Waals surface area (Å²) in [6.45, 7) is 14.6. The van der Waals surface area contributed by atoms with Gasteiger partial charge in [-0.15, -0.1) is 6.58 Å². The van der Waals surface area contributed by atoms with Crippen molar-refractivity contribution in [1.29, 1.82) is 0 Å². The van der Waals surface area contributed by atoms with Gasteiger partial charge in [-0.25, -0.2) is 0 Å². The molecule has 1 heterocycles. The van der Waals surface area contributed by atoms with Crippen LogP contribution in [0.5, 0.6) is 0 Å². The van der Waals surface area contributed by atoms with E-state index in [0.717, 1.165) is 0 Å². The molecule has 158 valence electrons. The van der Waals surface area contributed by atoms with Crippen LogP contribution in [0.25, 0.3) is 0 Å². The number of Topliss-reactive ketones (excluding diaryl/α,β-unsaturated/α-hetero) is 1. The molecule has 6 nitrogen and oxygen atoms in total. The van der Waals surface area contributed by atoms with Crippen LogP contribution in [0.3, 0.4) is 0 Å². The molecule has 2 N–H and O–H groups in total. The van der Waals surface area contributed by atoms with Crippen molar-refractivity contribution in [1.82, 2.24) is 0 Å². The minimum Gasteiger partial charge on any atom is -0.459 e. The summed E-state index contributed by atoms with van der Waals surface area (Å²) in [4.78, 5) is 25.4. The highest BCUT2D eigenvalue weighted by molar-refractivity contribution is 5.86. The molecular formula is C22H34O6. The molecular weight excluding hydrogens is 360 g/mol. The van der Waals surface area contributed by atoms with Gasteiger partial charge in [-0.05, 0) is 32.1 Å². The third kappa shape index (κ3) is 2.79. The number of ketones is 1. The number of fused-ring (bicyclic) bond motifs is 3. The molecule has 6 heteroatoms. The highest BCUT2D eigenvalue weighted by atomic mass is 16.6. The number of carbonyl (C=O) groups is 2. The monoisotopic (exact) mass is 394 g/mol. The van der Waals surface area contributed by atoms with Crippen LogP contribution in [0.15, 0.2) is 12.7 Å². The molecule has 2 aliphatic carbocycles. The number of ether oxygens (including phenoxy) is 2. The fraction of sp³-hybridized carbons (Fsp3) is 0.818. The molecule has 0 aromatic carbocycles. The van der Waals surface area contributed by atoms with Crippen LogP contribution < -0.4 is 0 Å². The SMILES string of the molecule is C=C[C@@]1(C)CC(=O)[C@H]2[C@](C)(O1)[C@@H](O)[C@@H](OC(C)=O)[C@H]1C(C)(C)CC[C@H](O)[C@@]12C. The molecule has 0 spiro atoms. The third-order valence-corrected chi connectivity index (χ3v) is 7.75. The highest BCUT2D eigenvalue weighted by Crippen LogP contribution is 2.65. The molecule has 0 aromatic heterocycles.